The molecule has 0 fully saturated rings. The third-order valence-corrected chi connectivity index (χ3v) is 2.01. The van der Waals surface area contributed by atoms with Gasteiger partial charge in [-0.05, 0) is 12.1 Å². The molecule has 1 rings (SSSR count). The average molecular weight is 187 g/mol. The van der Waals surface area contributed by atoms with Gasteiger partial charge in [-0.2, -0.15) is 10.5 Å². The maximum Gasteiger partial charge on any atom is 0.136 e. The van der Waals surface area contributed by atoms with Crippen molar-refractivity contribution in [3.05, 3.63) is 35.4 Å². The Morgan fingerprint density at radius 2 is 2.15 bits per heavy atom. The molecule has 0 spiro atoms. The van der Waals surface area contributed by atoms with Crippen LogP contribution in [0.15, 0.2) is 40.4 Å². The predicted molar refractivity (Wildman–Crippen MR) is 49.4 cm³/mol. The van der Waals surface area contributed by atoms with Crippen LogP contribution >= 0.6 is 11.8 Å². The molecule has 1 heterocycles. The fourth-order valence-electron chi connectivity index (χ4n) is 0.614. The SMILES string of the molecule is N#CC(C#N)=CSc1ccccn1. The molecule has 1 aromatic heterocycles. The fraction of sp³-hybridized carbons (Fsp3) is 0. The first-order valence-electron chi connectivity index (χ1n) is 3.45. The van der Waals surface area contributed by atoms with Crippen molar-refractivity contribution in [2.45, 2.75) is 5.03 Å². The number of nitrogens with zero attached hydrogens (tertiary/aromatic N) is 3. The molecule has 0 saturated heterocycles. The van der Waals surface area contributed by atoms with Crippen molar-refractivity contribution < 1.29 is 0 Å². The number of hydrogen-bond acceptors (Lipinski definition) is 4. The molecule has 4 heteroatoms. The Morgan fingerprint density at radius 1 is 1.38 bits per heavy atom. The van der Waals surface area contributed by atoms with Crippen molar-refractivity contribution in [2.75, 3.05) is 0 Å². The Morgan fingerprint density at radius 3 is 2.69 bits per heavy atom. The molecule has 0 aromatic carbocycles. The van der Waals surface area contributed by atoms with E-state index in [1.54, 1.807) is 18.3 Å². The van der Waals surface area contributed by atoms with Crippen LogP contribution in [0.2, 0.25) is 0 Å². The highest BCUT2D eigenvalue weighted by atomic mass is 32.2. The summed E-state index contributed by atoms with van der Waals surface area (Å²) in [6.45, 7) is 0. The highest BCUT2D eigenvalue weighted by Gasteiger charge is 1.93. The molecule has 0 atom stereocenters. The highest BCUT2D eigenvalue weighted by Crippen LogP contribution is 2.16. The van der Waals surface area contributed by atoms with Crippen molar-refractivity contribution >= 4 is 11.8 Å². The van der Waals surface area contributed by atoms with Crippen molar-refractivity contribution in [3.63, 3.8) is 0 Å². The molecule has 0 aliphatic rings. The standard InChI is InChI=1S/C9H5N3S/c10-5-8(6-11)7-13-9-3-1-2-4-12-9/h1-4,7H. The normalized spacial score (nSPS) is 8.15. The van der Waals surface area contributed by atoms with Crippen LogP contribution in [-0.4, -0.2) is 4.98 Å². The molecule has 0 unspecified atom stereocenters. The lowest BCUT2D eigenvalue weighted by atomic mass is 10.4. The van der Waals surface area contributed by atoms with Gasteiger partial charge in [-0.25, -0.2) is 4.98 Å². The number of rotatable bonds is 2. The van der Waals surface area contributed by atoms with Gasteiger partial charge in [0, 0.05) is 11.6 Å². The summed E-state index contributed by atoms with van der Waals surface area (Å²) in [6, 6.07) is 9.02. The number of aromatic nitrogens is 1. The van der Waals surface area contributed by atoms with Crippen LogP contribution in [-0.2, 0) is 0 Å². The van der Waals surface area contributed by atoms with E-state index in [-0.39, 0.29) is 5.57 Å². The minimum Gasteiger partial charge on any atom is -0.250 e. The molecular weight excluding hydrogens is 182 g/mol. The predicted octanol–water partition coefficient (Wildman–Crippen LogP) is 2.10. The molecule has 0 aliphatic heterocycles. The summed E-state index contributed by atoms with van der Waals surface area (Å²) in [5, 5.41) is 19.1. The number of hydrogen-bond donors (Lipinski definition) is 0. The molecule has 0 amide bonds. The minimum atomic E-state index is 0.0932. The molecule has 0 bridgehead atoms. The van der Waals surface area contributed by atoms with E-state index >= 15 is 0 Å². The zero-order valence-electron chi connectivity index (χ0n) is 6.64. The quantitative estimate of drug-likeness (QED) is 0.525. The second-order valence-electron chi connectivity index (χ2n) is 2.04. The average Bonchev–Trinajstić information content (AvgIpc) is 2.21. The lowest BCUT2D eigenvalue weighted by Gasteiger charge is -1.91. The molecule has 0 N–H and O–H groups in total. The van der Waals surface area contributed by atoms with Crippen LogP contribution in [0.5, 0.6) is 0 Å². The van der Waals surface area contributed by atoms with Crippen molar-refractivity contribution in [1.82, 2.24) is 4.98 Å². The van der Waals surface area contributed by atoms with E-state index in [0.717, 1.165) is 5.03 Å². The van der Waals surface area contributed by atoms with Crippen LogP contribution in [0.25, 0.3) is 0 Å². The van der Waals surface area contributed by atoms with Gasteiger partial charge in [0.2, 0.25) is 0 Å². The second-order valence-corrected chi connectivity index (χ2v) is 2.93. The summed E-state index contributed by atoms with van der Waals surface area (Å²) in [5.74, 6) is 0. The Hall–Kier alpha value is -1.78. The third kappa shape index (κ3) is 2.98. The van der Waals surface area contributed by atoms with Gasteiger partial charge in [-0.1, -0.05) is 17.8 Å². The van der Waals surface area contributed by atoms with Crippen LogP contribution < -0.4 is 0 Å². The van der Waals surface area contributed by atoms with Gasteiger partial charge in [0.15, 0.2) is 0 Å². The third-order valence-electron chi connectivity index (χ3n) is 1.18. The second kappa shape index (κ2) is 4.97. The molecule has 1 aromatic rings. The molecule has 62 valence electrons. The van der Waals surface area contributed by atoms with Gasteiger partial charge in [-0.3, -0.25) is 0 Å². The number of nitriles is 2. The van der Waals surface area contributed by atoms with E-state index in [2.05, 4.69) is 4.98 Å². The molecular formula is C9H5N3S. The van der Waals surface area contributed by atoms with Crippen molar-refractivity contribution in [3.8, 4) is 12.1 Å². The zero-order valence-corrected chi connectivity index (χ0v) is 7.45. The largest absolute Gasteiger partial charge is 0.250 e. The Bertz CT molecular complexity index is 368. The molecule has 13 heavy (non-hydrogen) atoms. The van der Waals surface area contributed by atoms with E-state index < -0.39 is 0 Å². The Kier molecular flexibility index (Phi) is 3.56. The van der Waals surface area contributed by atoms with E-state index in [1.165, 1.54) is 17.2 Å². The fourth-order valence-corrected chi connectivity index (χ4v) is 1.24. The van der Waals surface area contributed by atoms with Crippen molar-refractivity contribution in [1.29, 1.82) is 10.5 Å². The van der Waals surface area contributed by atoms with Gasteiger partial charge in [-0.15, -0.1) is 0 Å². The van der Waals surface area contributed by atoms with Gasteiger partial charge >= 0.3 is 0 Å². The molecule has 3 nitrogen and oxygen atoms in total. The van der Waals surface area contributed by atoms with Gasteiger partial charge in [0.05, 0.1) is 0 Å². The summed E-state index contributed by atoms with van der Waals surface area (Å²) in [4.78, 5) is 4.02. The smallest absolute Gasteiger partial charge is 0.136 e. The summed E-state index contributed by atoms with van der Waals surface area (Å²) in [5.41, 5.74) is 0.0932. The maximum absolute atomic E-state index is 8.43. The number of allylic oxidation sites excluding steroid dienone is 1. The summed E-state index contributed by atoms with van der Waals surface area (Å²) >= 11 is 1.26. The number of thioether (sulfide) groups is 1. The maximum atomic E-state index is 8.43. The van der Waals surface area contributed by atoms with Gasteiger partial charge < -0.3 is 0 Å². The van der Waals surface area contributed by atoms with Crippen LogP contribution in [0.4, 0.5) is 0 Å². The van der Waals surface area contributed by atoms with Crippen LogP contribution in [0.3, 0.4) is 0 Å². The van der Waals surface area contributed by atoms with E-state index in [1.807, 2.05) is 18.2 Å². The highest BCUT2D eigenvalue weighted by molar-refractivity contribution is 8.02. The lowest BCUT2D eigenvalue weighted by Crippen LogP contribution is -1.74. The monoisotopic (exact) mass is 187 g/mol. The van der Waals surface area contributed by atoms with Crippen molar-refractivity contribution in [2.24, 2.45) is 0 Å². The molecule has 0 radical (unpaired) electrons. The van der Waals surface area contributed by atoms with E-state index in [0.29, 0.717) is 0 Å². The molecule has 0 aliphatic carbocycles. The van der Waals surface area contributed by atoms with E-state index in [9.17, 15) is 0 Å². The lowest BCUT2D eigenvalue weighted by molar-refractivity contribution is 1.14. The first-order valence-corrected chi connectivity index (χ1v) is 4.33. The first kappa shape index (κ1) is 9.31. The zero-order chi connectivity index (χ0) is 9.52. The first-order chi connectivity index (χ1) is 6.36. The van der Waals surface area contributed by atoms with Crippen LogP contribution in [0.1, 0.15) is 0 Å². The topological polar surface area (TPSA) is 60.5 Å². The van der Waals surface area contributed by atoms with Gasteiger partial charge in [0.25, 0.3) is 0 Å². The Balaban J connectivity index is 2.69. The van der Waals surface area contributed by atoms with Crippen LogP contribution in [0, 0.1) is 22.7 Å². The van der Waals surface area contributed by atoms with E-state index in [4.69, 9.17) is 10.5 Å². The molecule has 0 saturated carbocycles. The summed E-state index contributed by atoms with van der Waals surface area (Å²) in [7, 11) is 0. The number of pyridine rings is 1. The minimum absolute atomic E-state index is 0.0932. The Labute approximate surface area is 80.3 Å². The summed E-state index contributed by atoms with van der Waals surface area (Å²) < 4.78 is 0. The summed E-state index contributed by atoms with van der Waals surface area (Å²) in [6.07, 6.45) is 1.66. The van der Waals surface area contributed by atoms with Gasteiger partial charge in [0.1, 0.15) is 22.7 Å².